The molecule has 3 N–H and O–H groups in total. The van der Waals surface area contributed by atoms with Gasteiger partial charge in [0.15, 0.2) is 17.5 Å². The van der Waals surface area contributed by atoms with Crippen molar-refractivity contribution in [3.63, 3.8) is 0 Å². The SMILES string of the molecule is Cl.NCC(F)(F)CNC(=O)c1cc(F)c(F)c(F)c1. The molecule has 0 heterocycles. The maximum Gasteiger partial charge on any atom is 0.277 e. The first-order chi connectivity index (χ1) is 8.26. The highest BCUT2D eigenvalue weighted by Gasteiger charge is 2.27. The average molecular weight is 305 g/mol. The lowest BCUT2D eigenvalue weighted by Gasteiger charge is -2.14. The number of carbonyl (C=O) groups is 1. The molecule has 1 rings (SSSR count). The fraction of sp³-hybridized carbons (Fsp3) is 0.300. The largest absolute Gasteiger partial charge is 0.346 e. The lowest BCUT2D eigenvalue weighted by atomic mass is 10.2. The molecule has 0 aromatic heterocycles. The third kappa shape index (κ3) is 4.64. The summed E-state index contributed by atoms with van der Waals surface area (Å²) in [4.78, 5) is 11.3. The van der Waals surface area contributed by atoms with E-state index in [1.807, 2.05) is 0 Å². The zero-order valence-electron chi connectivity index (χ0n) is 9.35. The van der Waals surface area contributed by atoms with Crippen LogP contribution >= 0.6 is 12.4 Å². The number of benzene rings is 1. The maximum atomic E-state index is 12.8. The molecule has 3 nitrogen and oxygen atoms in total. The average Bonchev–Trinajstić information content (AvgIpc) is 2.32. The molecule has 9 heteroatoms. The van der Waals surface area contributed by atoms with Crippen LogP contribution in [0.2, 0.25) is 0 Å². The summed E-state index contributed by atoms with van der Waals surface area (Å²) in [7, 11) is 0. The monoisotopic (exact) mass is 304 g/mol. The van der Waals surface area contributed by atoms with Crippen molar-refractivity contribution >= 4 is 18.3 Å². The number of alkyl halides is 2. The van der Waals surface area contributed by atoms with Crippen LogP contribution < -0.4 is 11.1 Å². The Morgan fingerprint density at radius 1 is 1.21 bits per heavy atom. The van der Waals surface area contributed by atoms with E-state index in [9.17, 15) is 26.7 Å². The highest BCUT2D eigenvalue weighted by molar-refractivity contribution is 5.94. The standard InChI is InChI=1S/C10H9F5N2O.ClH/c11-6-1-5(2-7(12)8(6)13)9(18)17-4-10(14,15)3-16;/h1-2H,3-4,16H2,(H,17,18);1H. The molecule has 0 spiro atoms. The van der Waals surface area contributed by atoms with Gasteiger partial charge in [0, 0.05) is 5.56 Å². The summed E-state index contributed by atoms with van der Waals surface area (Å²) in [5.74, 6) is -9.37. The first-order valence-electron chi connectivity index (χ1n) is 4.77. The summed E-state index contributed by atoms with van der Waals surface area (Å²) in [5.41, 5.74) is 4.13. The van der Waals surface area contributed by atoms with Gasteiger partial charge in [-0.05, 0) is 12.1 Å². The molecular weight excluding hydrogens is 295 g/mol. The van der Waals surface area contributed by atoms with Crippen molar-refractivity contribution in [2.45, 2.75) is 5.92 Å². The Morgan fingerprint density at radius 3 is 2.11 bits per heavy atom. The molecule has 108 valence electrons. The minimum Gasteiger partial charge on any atom is -0.346 e. The Kier molecular flexibility index (Phi) is 6.17. The Hall–Kier alpha value is -1.41. The molecule has 0 bridgehead atoms. The molecule has 1 aromatic carbocycles. The zero-order chi connectivity index (χ0) is 13.9. The number of hydrogen-bond acceptors (Lipinski definition) is 2. The number of nitrogens with two attached hydrogens (primary N) is 1. The molecule has 0 aliphatic heterocycles. The lowest BCUT2D eigenvalue weighted by molar-refractivity contribution is 0.0118. The van der Waals surface area contributed by atoms with Gasteiger partial charge in [0.25, 0.3) is 11.8 Å². The highest BCUT2D eigenvalue weighted by atomic mass is 35.5. The Bertz CT molecular complexity index is 446. The predicted octanol–water partition coefficient (Wildman–Crippen LogP) is 1.85. The first-order valence-corrected chi connectivity index (χ1v) is 4.77. The van der Waals surface area contributed by atoms with Crippen molar-refractivity contribution in [2.24, 2.45) is 5.73 Å². The summed E-state index contributed by atoms with van der Waals surface area (Å²) < 4.78 is 63.5. The smallest absolute Gasteiger partial charge is 0.277 e. The topological polar surface area (TPSA) is 55.1 Å². The van der Waals surface area contributed by atoms with Crippen LogP contribution in [0.25, 0.3) is 0 Å². The predicted molar refractivity (Wildman–Crippen MR) is 59.9 cm³/mol. The van der Waals surface area contributed by atoms with Gasteiger partial charge in [-0.15, -0.1) is 12.4 Å². The third-order valence-corrected chi connectivity index (χ3v) is 2.05. The van der Waals surface area contributed by atoms with Crippen LogP contribution in [0.5, 0.6) is 0 Å². The number of carbonyl (C=O) groups excluding carboxylic acids is 1. The van der Waals surface area contributed by atoms with Gasteiger partial charge in [-0.25, -0.2) is 22.0 Å². The summed E-state index contributed by atoms with van der Waals surface area (Å²) in [6.07, 6.45) is 0. The van der Waals surface area contributed by atoms with Gasteiger partial charge in [0.2, 0.25) is 0 Å². The van der Waals surface area contributed by atoms with Crippen LogP contribution in [0, 0.1) is 17.5 Å². The van der Waals surface area contributed by atoms with Crippen molar-refractivity contribution in [1.82, 2.24) is 5.32 Å². The molecule has 0 saturated heterocycles. The van der Waals surface area contributed by atoms with Crippen molar-refractivity contribution in [2.75, 3.05) is 13.1 Å². The molecule has 0 saturated carbocycles. The zero-order valence-corrected chi connectivity index (χ0v) is 10.2. The van der Waals surface area contributed by atoms with Gasteiger partial charge in [0.05, 0.1) is 13.1 Å². The fourth-order valence-electron chi connectivity index (χ4n) is 1.07. The number of rotatable bonds is 4. The molecule has 19 heavy (non-hydrogen) atoms. The summed E-state index contributed by atoms with van der Waals surface area (Å²) in [6.45, 7) is -2.07. The van der Waals surface area contributed by atoms with E-state index in [0.29, 0.717) is 12.1 Å². The van der Waals surface area contributed by atoms with E-state index in [-0.39, 0.29) is 12.4 Å². The van der Waals surface area contributed by atoms with E-state index in [2.05, 4.69) is 0 Å². The van der Waals surface area contributed by atoms with Crippen molar-refractivity contribution in [1.29, 1.82) is 0 Å². The minimum absolute atomic E-state index is 0. The van der Waals surface area contributed by atoms with Crippen molar-refractivity contribution < 1.29 is 26.7 Å². The van der Waals surface area contributed by atoms with Gasteiger partial charge in [-0.1, -0.05) is 0 Å². The van der Waals surface area contributed by atoms with E-state index in [1.54, 1.807) is 5.32 Å². The number of hydrogen-bond donors (Lipinski definition) is 2. The molecule has 1 aromatic rings. The number of halogens is 6. The molecule has 0 unspecified atom stereocenters. The van der Waals surface area contributed by atoms with Gasteiger partial charge in [-0.3, -0.25) is 4.79 Å². The molecule has 1 amide bonds. The van der Waals surface area contributed by atoms with Crippen LogP contribution in [0.4, 0.5) is 22.0 Å². The molecule has 0 fully saturated rings. The Morgan fingerprint density at radius 2 is 1.68 bits per heavy atom. The lowest BCUT2D eigenvalue weighted by Crippen LogP contribution is -2.41. The fourth-order valence-corrected chi connectivity index (χ4v) is 1.07. The summed E-state index contributed by atoms with van der Waals surface area (Å²) >= 11 is 0. The van der Waals surface area contributed by atoms with Crippen molar-refractivity contribution in [3.05, 3.63) is 35.1 Å². The first kappa shape index (κ1) is 17.6. The second-order valence-electron chi connectivity index (χ2n) is 3.50. The van der Waals surface area contributed by atoms with E-state index in [0.717, 1.165) is 0 Å². The molecule has 0 aliphatic carbocycles. The molecule has 0 radical (unpaired) electrons. The van der Waals surface area contributed by atoms with Crippen molar-refractivity contribution in [3.8, 4) is 0 Å². The third-order valence-electron chi connectivity index (χ3n) is 2.05. The van der Waals surface area contributed by atoms with Crippen LogP contribution in [-0.4, -0.2) is 24.9 Å². The maximum absolute atomic E-state index is 12.8. The van der Waals surface area contributed by atoms with E-state index >= 15 is 0 Å². The second-order valence-corrected chi connectivity index (χ2v) is 3.50. The van der Waals surface area contributed by atoms with Gasteiger partial charge >= 0.3 is 0 Å². The second kappa shape index (κ2) is 6.67. The molecule has 0 aliphatic rings. The Labute approximate surface area is 111 Å². The Balaban J connectivity index is 0.00000324. The van der Waals surface area contributed by atoms with E-state index < -0.39 is 47.9 Å². The number of nitrogens with one attached hydrogen (secondary N) is 1. The van der Waals surface area contributed by atoms with Gasteiger partial charge < -0.3 is 11.1 Å². The van der Waals surface area contributed by atoms with E-state index in [4.69, 9.17) is 5.73 Å². The highest BCUT2D eigenvalue weighted by Crippen LogP contribution is 2.14. The van der Waals surface area contributed by atoms with Gasteiger partial charge in [-0.2, -0.15) is 0 Å². The molecular formula is C10H10ClF5N2O. The van der Waals surface area contributed by atoms with Crippen LogP contribution in [-0.2, 0) is 0 Å². The minimum atomic E-state index is -3.33. The summed E-state index contributed by atoms with van der Waals surface area (Å²) in [5, 5.41) is 1.74. The quantitative estimate of drug-likeness (QED) is 0.659. The van der Waals surface area contributed by atoms with Crippen LogP contribution in [0.15, 0.2) is 12.1 Å². The normalized spacial score (nSPS) is 10.8. The summed E-state index contributed by atoms with van der Waals surface area (Å²) in [6, 6.07) is 0.822. The van der Waals surface area contributed by atoms with E-state index in [1.165, 1.54) is 0 Å². The number of amides is 1. The van der Waals surface area contributed by atoms with Crippen LogP contribution in [0.3, 0.4) is 0 Å². The molecule has 0 atom stereocenters. The van der Waals surface area contributed by atoms with Gasteiger partial charge in [0.1, 0.15) is 0 Å². The van der Waals surface area contributed by atoms with Crippen LogP contribution in [0.1, 0.15) is 10.4 Å².